The highest BCUT2D eigenvalue weighted by molar-refractivity contribution is 6.33. The van der Waals surface area contributed by atoms with Gasteiger partial charge in [-0.05, 0) is 227 Å². The molecule has 712 valence electrons. The summed E-state index contributed by atoms with van der Waals surface area (Å²) in [4.78, 5) is 129. The standard InChI is InChI=1S/C34H32ClN3O3.C29H31N3O3.C28H26N2O2.C25H31N3O3/c1-3-31(37(23-22-24-12-6-5-7-13-24)33(39)27-14-8-10-16-29(27)35)32-36-30-17-11-9-15-28(30)34(40)38(32)25-18-20-26(21-19-25)41-4-2;1-4-6-20-31(28(33)21-16-18-23(35-3)19-17-21)26(5-2)27-30-25-15-11-10-14-24(25)29(34)32(27)22-12-8-7-9-13-22;1-20(22-13-6-3-7-14-22)29-28(32)26(19-21-11-4-2-5-12-21)30-27(31)25-18-10-16-23-15-8-9-17-24(23)25;1-5-7-10-17-28(24(29)19-13-15-20(31-4)16-14-19)18(3)23-26-22-12-9-8-11-21(22)25(30)27(23)6-2/h5-21,31H,3-4,22-23H2,1-2H3;7-19,26H,4-6,20H2,1-3H3;2-18,20,26H,19H2,1H3,(H,29,32)(H,30,31);8-9,11-16,18H,5-7,10,17H2,1-4H3. The largest absolute Gasteiger partial charge is 0.497 e. The summed E-state index contributed by atoms with van der Waals surface area (Å²) in [5.74, 6) is 2.96. The average Bonchev–Trinajstić information content (AvgIpc) is 0.755. The van der Waals surface area contributed by atoms with Gasteiger partial charge >= 0.3 is 0 Å². The number of amides is 5. The van der Waals surface area contributed by atoms with Crippen molar-refractivity contribution in [1.29, 1.82) is 0 Å². The van der Waals surface area contributed by atoms with Crippen LogP contribution in [0.2, 0.25) is 5.02 Å². The molecular weight excluding hydrogens is 1760 g/mol. The summed E-state index contributed by atoms with van der Waals surface area (Å²) in [7, 11) is 3.21. The van der Waals surface area contributed by atoms with Gasteiger partial charge in [-0.2, -0.15) is 0 Å². The first-order chi connectivity index (χ1) is 67.7. The van der Waals surface area contributed by atoms with Crippen LogP contribution in [0.5, 0.6) is 17.2 Å². The highest BCUT2D eigenvalue weighted by atomic mass is 35.5. The van der Waals surface area contributed by atoms with E-state index in [4.69, 9.17) is 40.8 Å². The molecule has 2 N–H and O–H groups in total. The first kappa shape index (κ1) is 101. The zero-order valence-electron chi connectivity index (χ0n) is 80.4. The zero-order valence-corrected chi connectivity index (χ0v) is 81.2. The third-order valence-corrected chi connectivity index (χ3v) is 24.9. The van der Waals surface area contributed by atoms with E-state index in [9.17, 15) is 38.4 Å². The van der Waals surface area contributed by atoms with E-state index in [-0.39, 0.29) is 64.3 Å². The highest BCUT2D eigenvalue weighted by Crippen LogP contribution is 2.34. The maximum Gasteiger partial charge on any atom is 0.266 e. The number of para-hydroxylation sites is 4. The Morgan fingerprint density at radius 3 is 1.35 bits per heavy atom. The van der Waals surface area contributed by atoms with Crippen molar-refractivity contribution >= 4 is 84.6 Å². The number of benzene rings is 13. The molecule has 0 aliphatic carbocycles. The predicted molar refractivity (Wildman–Crippen MR) is 555 cm³/mol. The first-order valence-corrected chi connectivity index (χ1v) is 48.1. The molecule has 0 radical (unpaired) electrons. The van der Waals surface area contributed by atoms with Gasteiger partial charge in [0.2, 0.25) is 5.91 Å². The van der Waals surface area contributed by atoms with Gasteiger partial charge in [0.05, 0.1) is 99.7 Å². The molecule has 16 rings (SSSR count). The molecule has 0 aliphatic heterocycles. The van der Waals surface area contributed by atoms with Gasteiger partial charge in [0.1, 0.15) is 40.8 Å². The van der Waals surface area contributed by atoms with Gasteiger partial charge in [0.15, 0.2) is 0 Å². The average molecular weight is 1880 g/mol. The van der Waals surface area contributed by atoms with E-state index < -0.39 is 12.1 Å². The molecule has 16 aromatic rings. The molecule has 0 aliphatic rings. The minimum absolute atomic E-state index is 0.0691. The summed E-state index contributed by atoms with van der Waals surface area (Å²) in [5.41, 5.74) is 8.11. The number of hydrogen-bond donors (Lipinski definition) is 2. The van der Waals surface area contributed by atoms with Crippen molar-refractivity contribution < 1.29 is 38.2 Å². The van der Waals surface area contributed by atoms with E-state index in [2.05, 4.69) is 24.5 Å². The molecule has 3 aromatic heterocycles. The molecule has 0 spiro atoms. The highest BCUT2D eigenvalue weighted by Gasteiger charge is 2.34. The number of unbranched alkanes of at least 4 members (excludes halogenated alkanes) is 3. The van der Waals surface area contributed by atoms with Gasteiger partial charge in [-0.15, -0.1) is 0 Å². The minimum Gasteiger partial charge on any atom is -0.497 e. The number of aromatic nitrogens is 6. The number of ether oxygens (including phenoxy) is 3. The molecule has 3 heterocycles. The van der Waals surface area contributed by atoms with Crippen LogP contribution < -0.4 is 41.5 Å². The van der Waals surface area contributed by atoms with Gasteiger partial charge in [0.25, 0.3) is 40.3 Å². The molecule has 5 atom stereocenters. The smallest absolute Gasteiger partial charge is 0.266 e. The summed E-state index contributed by atoms with van der Waals surface area (Å²) in [6.07, 6.45) is 6.97. The lowest BCUT2D eigenvalue weighted by Gasteiger charge is -2.33. The monoisotopic (exact) mass is 1880 g/mol. The second kappa shape index (κ2) is 49.9. The number of nitrogens with zero attached hydrogens (tertiary/aromatic N) is 9. The number of fused-ring (bicyclic) bond motifs is 4. The first-order valence-electron chi connectivity index (χ1n) is 47.7. The molecule has 0 saturated heterocycles. The normalized spacial score (nSPS) is 12.1. The van der Waals surface area contributed by atoms with Crippen LogP contribution in [-0.4, -0.2) is 119 Å². The molecule has 13 aromatic carbocycles. The molecular formula is C116H120ClN11O11. The Labute approximate surface area is 816 Å². The second-order valence-corrected chi connectivity index (χ2v) is 34.1. The predicted octanol–water partition coefficient (Wildman–Crippen LogP) is 22.9. The number of methoxy groups -OCH3 is 2. The lowest BCUT2D eigenvalue weighted by atomic mass is 10.0. The van der Waals surface area contributed by atoms with E-state index in [0.717, 1.165) is 65.3 Å². The summed E-state index contributed by atoms with van der Waals surface area (Å²) in [5, 5.41) is 9.93. The number of nitrogens with one attached hydrogen (secondary N) is 2. The molecule has 22 nitrogen and oxygen atoms in total. The van der Waals surface area contributed by atoms with Gasteiger partial charge in [-0.3, -0.25) is 52.1 Å². The van der Waals surface area contributed by atoms with Crippen molar-refractivity contribution in [3.63, 3.8) is 0 Å². The molecule has 139 heavy (non-hydrogen) atoms. The van der Waals surface area contributed by atoms with Crippen LogP contribution in [0.15, 0.2) is 348 Å². The lowest BCUT2D eigenvalue weighted by Crippen LogP contribution is -2.48. The number of hydrogen-bond acceptors (Lipinski definition) is 14. The molecule has 5 unspecified atom stereocenters. The van der Waals surface area contributed by atoms with Gasteiger partial charge < -0.3 is 39.5 Å². The fourth-order valence-corrected chi connectivity index (χ4v) is 17.4. The van der Waals surface area contributed by atoms with Crippen molar-refractivity contribution in [3.05, 3.63) is 426 Å². The Bertz CT molecular complexity index is 7010. The fourth-order valence-electron chi connectivity index (χ4n) is 17.2. The van der Waals surface area contributed by atoms with E-state index in [0.29, 0.717) is 159 Å². The Morgan fingerprint density at radius 1 is 0.396 bits per heavy atom. The van der Waals surface area contributed by atoms with Crippen molar-refractivity contribution in [1.82, 2.24) is 54.0 Å². The zero-order chi connectivity index (χ0) is 98.3. The topological polar surface area (TPSA) is 251 Å². The van der Waals surface area contributed by atoms with Crippen molar-refractivity contribution in [2.75, 3.05) is 40.5 Å². The Hall–Kier alpha value is -15.4. The van der Waals surface area contributed by atoms with Crippen LogP contribution in [-0.2, 0) is 24.2 Å². The maximum absolute atomic E-state index is 14.2. The van der Waals surface area contributed by atoms with Crippen LogP contribution in [0, 0.1) is 0 Å². The third kappa shape index (κ3) is 25.1. The molecule has 0 saturated carbocycles. The van der Waals surface area contributed by atoms with Crippen LogP contribution in [0.3, 0.4) is 0 Å². The van der Waals surface area contributed by atoms with Crippen molar-refractivity contribution in [3.8, 4) is 28.6 Å². The Kier molecular flexibility index (Phi) is 36.3. The van der Waals surface area contributed by atoms with Crippen molar-refractivity contribution in [2.24, 2.45) is 0 Å². The van der Waals surface area contributed by atoms with Crippen molar-refractivity contribution in [2.45, 2.75) is 150 Å². The van der Waals surface area contributed by atoms with E-state index in [1.807, 2.05) is 288 Å². The number of carbonyl (C=O) groups is 5. The minimum atomic E-state index is -0.699. The summed E-state index contributed by atoms with van der Waals surface area (Å²) < 4.78 is 21.1. The molecule has 23 heteroatoms. The van der Waals surface area contributed by atoms with Crippen LogP contribution in [0.4, 0.5) is 0 Å². The molecule has 5 amide bonds. The van der Waals surface area contributed by atoms with Gasteiger partial charge in [0, 0.05) is 49.3 Å². The SMILES string of the molecule is CC(NC(=O)C(Cc1ccccc1)NC(=O)c1cccc2ccccc12)c1ccccc1.CCCCCN(C(=O)c1ccc(OC)cc1)C(C)c1nc2ccccc2c(=O)n1CC.CCCCN(C(=O)c1ccc(OC)cc1)C(CC)c1nc2ccccc2c(=O)n1-c1ccccc1.CCOc1ccc(-n2c(C(CC)N(CCc3ccccc3)C(=O)c3ccccc3Cl)nc3ccccc3c2=O)cc1. The fraction of sp³-hybridized carbons (Fsp3) is 0.250. The van der Waals surface area contributed by atoms with Crippen LogP contribution in [0.1, 0.15) is 200 Å². The Balaban J connectivity index is 0.000000157. The third-order valence-electron chi connectivity index (χ3n) is 24.6. The summed E-state index contributed by atoms with van der Waals surface area (Å²) in [6, 6.07) is 101. The quantitative estimate of drug-likeness (QED) is 0.0351. The summed E-state index contributed by atoms with van der Waals surface area (Å²) in [6.45, 7) is 18.7. The lowest BCUT2D eigenvalue weighted by molar-refractivity contribution is -0.123. The van der Waals surface area contributed by atoms with Crippen LogP contribution in [0.25, 0.3) is 54.9 Å². The Morgan fingerprint density at radius 2 is 0.827 bits per heavy atom. The van der Waals surface area contributed by atoms with E-state index >= 15 is 0 Å². The van der Waals surface area contributed by atoms with E-state index in [1.165, 1.54) is 0 Å². The molecule has 0 bridgehead atoms. The van der Waals surface area contributed by atoms with Crippen LogP contribution >= 0.6 is 11.6 Å². The van der Waals surface area contributed by atoms with E-state index in [1.54, 1.807) is 130 Å². The molecule has 0 fully saturated rings. The van der Waals surface area contributed by atoms with Gasteiger partial charge in [-0.25, -0.2) is 15.0 Å². The summed E-state index contributed by atoms with van der Waals surface area (Å²) >= 11 is 6.52. The number of carbonyl (C=O) groups excluding carboxylic acids is 5. The maximum atomic E-state index is 14.2. The number of halogens is 1. The van der Waals surface area contributed by atoms with Gasteiger partial charge in [-0.1, -0.05) is 253 Å². The second-order valence-electron chi connectivity index (χ2n) is 33.7. The number of rotatable bonds is 35.